The van der Waals surface area contributed by atoms with Crippen molar-refractivity contribution in [3.63, 3.8) is 0 Å². The van der Waals surface area contributed by atoms with Gasteiger partial charge in [-0.25, -0.2) is 4.79 Å². The number of rotatable bonds is 4. The van der Waals surface area contributed by atoms with Crippen molar-refractivity contribution in [2.45, 2.75) is 49.2 Å². The maximum atomic E-state index is 11.7. The highest BCUT2D eigenvalue weighted by Gasteiger charge is 2.17. The van der Waals surface area contributed by atoms with E-state index in [-0.39, 0.29) is 5.97 Å². The summed E-state index contributed by atoms with van der Waals surface area (Å²) in [6, 6.07) is 5.41. The van der Waals surface area contributed by atoms with Gasteiger partial charge < -0.3 is 10.5 Å². The number of carbonyl (C=O) groups excluding carboxylic acids is 1. The number of carbonyl (C=O) groups is 1. The van der Waals surface area contributed by atoms with E-state index in [9.17, 15) is 4.79 Å². The van der Waals surface area contributed by atoms with Crippen LogP contribution in [-0.4, -0.2) is 17.8 Å². The molecule has 0 spiro atoms. The molecule has 0 bridgehead atoms. The van der Waals surface area contributed by atoms with Crippen LogP contribution in [0, 0.1) is 0 Å². The fraction of sp³-hybridized carbons (Fsp3) is 0.533. The number of thioether (sulfide) groups is 1. The summed E-state index contributed by atoms with van der Waals surface area (Å²) in [5.74, 6) is -0.270. The van der Waals surface area contributed by atoms with Gasteiger partial charge in [0.25, 0.3) is 0 Å². The van der Waals surface area contributed by atoms with Crippen LogP contribution in [0.25, 0.3) is 0 Å². The van der Waals surface area contributed by atoms with Crippen LogP contribution in [0.5, 0.6) is 0 Å². The Hall–Kier alpha value is -1.16. The van der Waals surface area contributed by atoms with Crippen molar-refractivity contribution < 1.29 is 9.53 Å². The molecule has 1 saturated carbocycles. The molecule has 1 fully saturated rings. The standard InChI is InChI=1S/C15H21NO2S/c1-2-18-15(17)11-8-9-13(16)14(10-11)19-12-6-4-3-5-7-12/h8-10,12H,2-7,16H2,1H3. The van der Waals surface area contributed by atoms with Gasteiger partial charge >= 0.3 is 5.97 Å². The van der Waals surface area contributed by atoms with Crippen LogP contribution < -0.4 is 5.73 Å². The SMILES string of the molecule is CCOC(=O)c1ccc(N)c(SC2CCCCC2)c1. The third-order valence-corrected chi connectivity index (χ3v) is 4.78. The molecule has 1 aliphatic carbocycles. The molecule has 104 valence electrons. The van der Waals surface area contributed by atoms with Crippen LogP contribution in [0.4, 0.5) is 5.69 Å². The van der Waals surface area contributed by atoms with E-state index in [1.165, 1.54) is 32.1 Å². The molecule has 1 aromatic rings. The lowest BCUT2D eigenvalue weighted by Crippen LogP contribution is -2.09. The van der Waals surface area contributed by atoms with Crippen molar-refractivity contribution >= 4 is 23.4 Å². The number of nitrogen functional groups attached to an aromatic ring is 1. The molecule has 0 aliphatic heterocycles. The second kappa shape index (κ2) is 6.85. The van der Waals surface area contributed by atoms with Crippen LogP contribution in [0.2, 0.25) is 0 Å². The molecule has 0 heterocycles. The van der Waals surface area contributed by atoms with Gasteiger partial charge in [-0.1, -0.05) is 19.3 Å². The number of anilines is 1. The lowest BCUT2D eigenvalue weighted by Gasteiger charge is -2.21. The molecule has 2 rings (SSSR count). The van der Waals surface area contributed by atoms with Crippen molar-refractivity contribution in [2.24, 2.45) is 0 Å². The monoisotopic (exact) mass is 279 g/mol. The Morgan fingerprint density at radius 2 is 2.11 bits per heavy atom. The molecule has 0 saturated heterocycles. The topological polar surface area (TPSA) is 52.3 Å². The fourth-order valence-electron chi connectivity index (χ4n) is 2.34. The molecule has 19 heavy (non-hydrogen) atoms. The summed E-state index contributed by atoms with van der Waals surface area (Å²) in [7, 11) is 0. The van der Waals surface area contributed by atoms with E-state index in [1.54, 1.807) is 12.1 Å². The molecule has 0 atom stereocenters. The predicted octanol–water partition coefficient (Wildman–Crippen LogP) is 3.87. The largest absolute Gasteiger partial charge is 0.462 e. The minimum atomic E-state index is -0.270. The van der Waals surface area contributed by atoms with Gasteiger partial charge in [0, 0.05) is 15.8 Å². The average Bonchev–Trinajstić information content (AvgIpc) is 2.42. The molecular formula is C15H21NO2S. The average molecular weight is 279 g/mol. The first-order chi connectivity index (χ1) is 9.20. The van der Waals surface area contributed by atoms with Gasteiger partial charge in [-0.2, -0.15) is 0 Å². The summed E-state index contributed by atoms with van der Waals surface area (Å²) in [6.07, 6.45) is 6.43. The molecule has 0 unspecified atom stereocenters. The van der Waals surface area contributed by atoms with Crippen LogP contribution in [0.3, 0.4) is 0 Å². The van der Waals surface area contributed by atoms with Gasteiger partial charge in [0.2, 0.25) is 0 Å². The van der Waals surface area contributed by atoms with E-state index in [4.69, 9.17) is 10.5 Å². The Balaban J connectivity index is 2.10. The van der Waals surface area contributed by atoms with Gasteiger partial charge in [-0.15, -0.1) is 11.8 Å². The van der Waals surface area contributed by atoms with Crippen LogP contribution in [-0.2, 0) is 4.74 Å². The summed E-state index contributed by atoms with van der Waals surface area (Å²) >= 11 is 1.81. The highest BCUT2D eigenvalue weighted by atomic mass is 32.2. The van der Waals surface area contributed by atoms with Crippen molar-refractivity contribution in [1.82, 2.24) is 0 Å². The molecular weight excluding hydrogens is 258 g/mol. The van der Waals surface area contributed by atoms with Crippen molar-refractivity contribution in [3.8, 4) is 0 Å². The smallest absolute Gasteiger partial charge is 0.338 e. The third kappa shape index (κ3) is 3.90. The van der Waals surface area contributed by atoms with Gasteiger partial charge in [0.05, 0.1) is 12.2 Å². The number of hydrogen-bond acceptors (Lipinski definition) is 4. The summed E-state index contributed by atoms with van der Waals surface area (Å²) < 4.78 is 5.02. The highest BCUT2D eigenvalue weighted by molar-refractivity contribution is 8.00. The van der Waals surface area contributed by atoms with Gasteiger partial charge in [-0.05, 0) is 38.0 Å². The zero-order valence-corrected chi connectivity index (χ0v) is 12.2. The summed E-state index contributed by atoms with van der Waals surface area (Å²) in [6.45, 7) is 2.21. The van der Waals surface area contributed by atoms with E-state index >= 15 is 0 Å². The maximum absolute atomic E-state index is 11.7. The quantitative estimate of drug-likeness (QED) is 0.671. The van der Waals surface area contributed by atoms with E-state index in [0.717, 1.165) is 10.6 Å². The summed E-state index contributed by atoms with van der Waals surface area (Å²) in [5.41, 5.74) is 7.35. The van der Waals surface area contributed by atoms with Gasteiger partial charge in [-0.3, -0.25) is 0 Å². The molecule has 3 nitrogen and oxygen atoms in total. The Kier molecular flexibility index (Phi) is 5.14. The first kappa shape index (κ1) is 14.3. The Labute approximate surface area is 118 Å². The Bertz CT molecular complexity index is 442. The van der Waals surface area contributed by atoms with E-state index < -0.39 is 0 Å². The zero-order valence-electron chi connectivity index (χ0n) is 11.4. The van der Waals surface area contributed by atoms with E-state index in [1.807, 2.05) is 24.8 Å². The number of esters is 1. The number of benzene rings is 1. The zero-order chi connectivity index (χ0) is 13.7. The number of nitrogens with two attached hydrogens (primary N) is 1. The van der Waals surface area contributed by atoms with E-state index in [2.05, 4.69) is 0 Å². The molecule has 1 aromatic carbocycles. The first-order valence-electron chi connectivity index (χ1n) is 6.94. The molecule has 0 radical (unpaired) electrons. The predicted molar refractivity (Wildman–Crippen MR) is 79.5 cm³/mol. The number of ether oxygens (including phenoxy) is 1. The molecule has 4 heteroatoms. The minimum absolute atomic E-state index is 0.270. The van der Waals surface area contributed by atoms with Crippen molar-refractivity contribution in [3.05, 3.63) is 23.8 Å². The molecule has 2 N–H and O–H groups in total. The fourth-order valence-corrected chi connectivity index (χ4v) is 3.67. The Morgan fingerprint density at radius 1 is 1.37 bits per heavy atom. The second-order valence-electron chi connectivity index (χ2n) is 4.85. The number of hydrogen-bond donors (Lipinski definition) is 1. The van der Waals surface area contributed by atoms with Crippen molar-refractivity contribution in [1.29, 1.82) is 0 Å². The van der Waals surface area contributed by atoms with Gasteiger partial charge in [0.1, 0.15) is 0 Å². The van der Waals surface area contributed by atoms with Crippen LogP contribution in [0.1, 0.15) is 49.4 Å². The van der Waals surface area contributed by atoms with Gasteiger partial charge in [0.15, 0.2) is 0 Å². The van der Waals surface area contributed by atoms with Crippen LogP contribution in [0.15, 0.2) is 23.1 Å². The second-order valence-corrected chi connectivity index (χ2v) is 6.19. The minimum Gasteiger partial charge on any atom is -0.462 e. The normalized spacial score (nSPS) is 16.3. The molecule has 0 amide bonds. The Morgan fingerprint density at radius 3 is 2.79 bits per heavy atom. The maximum Gasteiger partial charge on any atom is 0.338 e. The summed E-state index contributed by atoms with van der Waals surface area (Å²) in [5, 5.41) is 0.633. The lowest BCUT2D eigenvalue weighted by atomic mass is 10.0. The third-order valence-electron chi connectivity index (χ3n) is 3.37. The highest BCUT2D eigenvalue weighted by Crippen LogP contribution is 2.36. The summed E-state index contributed by atoms with van der Waals surface area (Å²) in [4.78, 5) is 12.7. The molecule has 0 aromatic heterocycles. The van der Waals surface area contributed by atoms with Crippen molar-refractivity contribution in [2.75, 3.05) is 12.3 Å². The molecule has 1 aliphatic rings. The van der Waals surface area contributed by atoms with E-state index in [0.29, 0.717) is 17.4 Å². The lowest BCUT2D eigenvalue weighted by molar-refractivity contribution is 0.0526. The van der Waals surface area contributed by atoms with Crippen LogP contribution >= 0.6 is 11.8 Å². The first-order valence-corrected chi connectivity index (χ1v) is 7.82.